The molecule has 1 aliphatic heterocycles. The Labute approximate surface area is 169 Å². The van der Waals surface area contributed by atoms with Gasteiger partial charge >= 0.3 is 0 Å². The summed E-state index contributed by atoms with van der Waals surface area (Å²) in [5.41, 5.74) is 2.17. The number of thiazole rings is 1. The Morgan fingerprint density at radius 3 is 2.75 bits per heavy atom. The highest BCUT2D eigenvalue weighted by atomic mass is 32.1. The Bertz CT molecular complexity index is 986. The fourth-order valence-electron chi connectivity index (χ4n) is 2.94. The van der Waals surface area contributed by atoms with Gasteiger partial charge in [-0.25, -0.2) is 9.37 Å². The first kappa shape index (κ1) is 18.7. The van der Waals surface area contributed by atoms with Crippen molar-refractivity contribution < 1.29 is 14.0 Å². The minimum absolute atomic E-state index is 0.148. The van der Waals surface area contributed by atoms with Crippen molar-refractivity contribution in [2.24, 2.45) is 0 Å². The van der Waals surface area contributed by atoms with Crippen molar-refractivity contribution in [2.45, 2.75) is 13.0 Å². The summed E-state index contributed by atoms with van der Waals surface area (Å²) in [6.45, 7) is 1.56. The molecule has 2 amide bonds. The third kappa shape index (κ3) is 4.44. The number of nitrogens with zero attached hydrogens (tertiary/aromatic N) is 2. The predicted molar refractivity (Wildman–Crippen MR) is 108 cm³/mol. The van der Waals surface area contributed by atoms with Crippen molar-refractivity contribution in [1.82, 2.24) is 9.88 Å². The maximum absolute atomic E-state index is 12.9. The van der Waals surface area contributed by atoms with Gasteiger partial charge in [0, 0.05) is 35.5 Å². The lowest BCUT2D eigenvalue weighted by atomic mass is 10.2. The number of carbonyl (C=O) groups is 2. The summed E-state index contributed by atoms with van der Waals surface area (Å²) in [6.07, 6.45) is 0.726. The average molecular weight is 417 g/mol. The fourth-order valence-corrected chi connectivity index (χ4v) is 4.62. The molecule has 0 radical (unpaired) electrons. The molecule has 2 N–H and O–H groups in total. The highest BCUT2D eigenvalue weighted by molar-refractivity contribution is 7.16. The number of anilines is 2. The van der Waals surface area contributed by atoms with Gasteiger partial charge in [0.2, 0.25) is 5.91 Å². The number of carbonyl (C=O) groups excluding carboxylic acids is 2. The molecule has 2 aromatic heterocycles. The van der Waals surface area contributed by atoms with Crippen molar-refractivity contribution in [3.05, 3.63) is 63.0 Å². The molecular weight excluding hydrogens is 399 g/mol. The summed E-state index contributed by atoms with van der Waals surface area (Å²) in [5.74, 6) is -0.651. The molecule has 0 saturated heterocycles. The van der Waals surface area contributed by atoms with E-state index in [0.29, 0.717) is 29.5 Å². The first-order chi connectivity index (χ1) is 13.6. The van der Waals surface area contributed by atoms with Crippen LogP contribution in [-0.4, -0.2) is 34.8 Å². The summed E-state index contributed by atoms with van der Waals surface area (Å²) in [4.78, 5) is 32.0. The van der Waals surface area contributed by atoms with Crippen LogP contribution in [0.2, 0.25) is 0 Å². The number of amides is 2. The third-order valence-electron chi connectivity index (χ3n) is 4.31. The monoisotopic (exact) mass is 416 g/mol. The number of aromatic nitrogens is 1. The zero-order valence-electron chi connectivity index (χ0n) is 14.8. The van der Waals surface area contributed by atoms with E-state index in [4.69, 9.17) is 0 Å². The molecule has 0 aliphatic carbocycles. The van der Waals surface area contributed by atoms with Crippen LogP contribution in [0.4, 0.5) is 15.2 Å². The van der Waals surface area contributed by atoms with E-state index in [1.807, 2.05) is 10.3 Å². The Kier molecular flexibility index (Phi) is 5.47. The number of hydrogen-bond donors (Lipinski definition) is 2. The predicted octanol–water partition coefficient (Wildman–Crippen LogP) is 3.59. The van der Waals surface area contributed by atoms with Crippen LogP contribution in [-0.2, 0) is 17.8 Å². The van der Waals surface area contributed by atoms with E-state index in [-0.39, 0.29) is 24.2 Å². The van der Waals surface area contributed by atoms with Crippen LogP contribution >= 0.6 is 22.7 Å². The molecule has 144 valence electrons. The topological polar surface area (TPSA) is 74.3 Å². The standard InChI is InChI=1S/C19H17FN4O2S2/c20-13-1-3-14(4-2-13)21-17(25)10-24-7-5-15-16(9-24)28-19(22-15)23-18(26)12-6-8-27-11-12/h1-4,6,8,11H,5,7,9-10H2,(H,21,25)(H,22,23,26). The molecule has 0 bridgehead atoms. The van der Waals surface area contributed by atoms with Crippen LogP contribution in [0, 0.1) is 5.82 Å². The maximum atomic E-state index is 12.9. The van der Waals surface area contributed by atoms with Crippen LogP contribution in [0.3, 0.4) is 0 Å². The molecule has 9 heteroatoms. The van der Waals surface area contributed by atoms with Crippen LogP contribution in [0.15, 0.2) is 41.1 Å². The molecule has 0 spiro atoms. The first-order valence-electron chi connectivity index (χ1n) is 8.67. The van der Waals surface area contributed by atoms with Crippen LogP contribution in [0.25, 0.3) is 0 Å². The molecule has 4 rings (SSSR count). The minimum atomic E-state index is -0.339. The fraction of sp³-hybridized carbons (Fsp3) is 0.211. The Hall–Kier alpha value is -2.62. The molecule has 1 aromatic carbocycles. The second kappa shape index (κ2) is 8.17. The molecule has 0 fully saturated rings. The second-order valence-electron chi connectivity index (χ2n) is 6.37. The van der Waals surface area contributed by atoms with Crippen molar-refractivity contribution >= 4 is 45.3 Å². The molecule has 0 atom stereocenters. The van der Waals surface area contributed by atoms with E-state index in [2.05, 4.69) is 15.6 Å². The lowest BCUT2D eigenvalue weighted by molar-refractivity contribution is -0.117. The molecule has 0 unspecified atom stereocenters. The number of benzene rings is 1. The summed E-state index contributed by atoms with van der Waals surface area (Å²) in [6, 6.07) is 7.47. The summed E-state index contributed by atoms with van der Waals surface area (Å²) < 4.78 is 12.9. The molecule has 3 aromatic rings. The minimum Gasteiger partial charge on any atom is -0.325 e. The largest absolute Gasteiger partial charge is 0.325 e. The number of thiophene rings is 1. The highest BCUT2D eigenvalue weighted by Crippen LogP contribution is 2.28. The van der Waals surface area contributed by atoms with E-state index in [9.17, 15) is 14.0 Å². The molecule has 1 aliphatic rings. The normalized spacial score (nSPS) is 13.8. The van der Waals surface area contributed by atoms with Gasteiger partial charge in [0.15, 0.2) is 5.13 Å². The number of rotatable bonds is 5. The average Bonchev–Trinajstić information content (AvgIpc) is 3.32. The van der Waals surface area contributed by atoms with Gasteiger partial charge in [-0.15, -0.1) is 11.3 Å². The lowest BCUT2D eigenvalue weighted by Crippen LogP contribution is -2.36. The molecule has 28 heavy (non-hydrogen) atoms. The van der Waals surface area contributed by atoms with Gasteiger partial charge in [0.1, 0.15) is 5.82 Å². The summed E-state index contributed by atoms with van der Waals surface area (Å²) in [5, 5.41) is 9.85. The number of nitrogens with one attached hydrogen (secondary N) is 2. The summed E-state index contributed by atoms with van der Waals surface area (Å²) in [7, 11) is 0. The van der Waals surface area contributed by atoms with Crippen LogP contribution in [0.5, 0.6) is 0 Å². The molecular formula is C19H17FN4O2S2. The van der Waals surface area contributed by atoms with E-state index in [1.54, 1.807) is 11.4 Å². The van der Waals surface area contributed by atoms with E-state index in [0.717, 1.165) is 17.0 Å². The third-order valence-corrected chi connectivity index (χ3v) is 5.99. The van der Waals surface area contributed by atoms with Gasteiger partial charge in [-0.2, -0.15) is 11.3 Å². The quantitative estimate of drug-likeness (QED) is 0.667. The Balaban J connectivity index is 1.34. The van der Waals surface area contributed by atoms with Gasteiger partial charge in [0.25, 0.3) is 5.91 Å². The highest BCUT2D eigenvalue weighted by Gasteiger charge is 2.23. The van der Waals surface area contributed by atoms with Crippen molar-refractivity contribution in [2.75, 3.05) is 23.7 Å². The van der Waals surface area contributed by atoms with E-state index < -0.39 is 0 Å². The molecule has 3 heterocycles. The van der Waals surface area contributed by atoms with Crippen molar-refractivity contribution in [1.29, 1.82) is 0 Å². The molecule has 0 saturated carbocycles. The van der Waals surface area contributed by atoms with Crippen molar-refractivity contribution in [3.63, 3.8) is 0 Å². The summed E-state index contributed by atoms with van der Waals surface area (Å²) >= 11 is 2.91. The lowest BCUT2D eigenvalue weighted by Gasteiger charge is -2.25. The zero-order valence-corrected chi connectivity index (χ0v) is 16.4. The van der Waals surface area contributed by atoms with Gasteiger partial charge in [-0.1, -0.05) is 0 Å². The zero-order chi connectivity index (χ0) is 19.5. The second-order valence-corrected chi connectivity index (χ2v) is 8.23. The smallest absolute Gasteiger partial charge is 0.258 e. The Morgan fingerprint density at radius 2 is 2.00 bits per heavy atom. The maximum Gasteiger partial charge on any atom is 0.258 e. The van der Waals surface area contributed by atoms with Gasteiger partial charge in [-0.3, -0.25) is 19.8 Å². The van der Waals surface area contributed by atoms with Gasteiger partial charge < -0.3 is 5.32 Å². The number of fused-ring (bicyclic) bond motifs is 1. The van der Waals surface area contributed by atoms with Crippen LogP contribution in [0.1, 0.15) is 20.9 Å². The Morgan fingerprint density at radius 1 is 1.18 bits per heavy atom. The van der Waals surface area contributed by atoms with Gasteiger partial charge in [0.05, 0.1) is 17.8 Å². The van der Waals surface area contributed by atoms with Crippen molar-refractivity contribution in [3.8, 4) is 0 Å². The van der Waals surface area contributed by atoms with E-state index in [1.165, 1.54) is 46.9 Å². The van der Waals surface area contributed by atoms with Crippen LogP contribution < -0.4 is 10.6 Å². The molecule has 6 nitrogen and oxygen atoms in total. The first-order valence-corrected chi connectivity index (χ1v) is 10.4. The number of halogens is 1. The number of hydrogen-bond acceptors (Lipinski definition) is 6. The van der Waals surface area contributed by atoms with Gasteiger partial charge in [-0.05, 0) is 35.7 Å². The SMILES string of the molecule is O=C(CN1CCc2nc(NC(=O)c3ccsc3)sc2C1)Nc1ccc(F)cc1. The van der Waals surface area contributed by atoms with E-state index >= 15 is 0 Å².